The van der Waals surface area contributed by atoms with E-state index in [1.165, 1.54) is 5.56 Å². The fourth-order valence-corrected chi connectivity index (χ4v) is 1.91. The van der Waals surface area contributed by atoms with Gasteiger partial charge < -0.3 is 10.4 Å². The highest BCUT2D eigenvalue weighted by Crippen LogP contribution is 2.08. The second kappa shape index (κ2) is 6.65. The molecule has 0 bridgehead atoms. The van der Waals surface area contributed by atoms with Gasteiger partial charge in [0.2, 0.25) is 5.95 Å². The van der Waals surface area contributed by atoms with Gasteiger partial charge in [-0.3, -0.25) is 0 Å². The predicted molar refractivity (Wildman–Crippen MR) is 79.4 cm³/mol. The summed E-state index contributed by atoms with van der Waals surface area (Å²) < 4.78 is 0.988. The molecule has 1 unspecified atom stereocenters. The monoisotopic (exact) mass is 355 g/mol. The average Bonchev–Trinajstić information content (AvgIpc) is 2.41. The smallest absolute Gasteiger partial charge is 0.222 e. The molecule has 0 radical (unpaired) electrons. The van der Waals surface area contributed by atoms with Crippen molar-refractivity contribution in [2.45, 2.75) is 12.5 Å². The molecule has 1 aromatic heterocycles. The minimum atomic E-state index is -0.0764. The normalized spacial score (nSPS) is 12.1. The lowest BCUT2D eigenvalue weighted by Crippen LogP contribution is -2.27. The Kier molecular flexibility index (Phi) is 4.89. The van der Waals surface area contributed by atoms with E-state index in [0.29, 0.717) is 5.95 Å². The molecule has 1 aromatic carbocycles. The van der Waals surface area contributed by atoms with Crippen molar-refractivity contribution in [2.24, 2.45) is 0 Å². The third-order valence-electron chi connectivity index (χ3n) is 2.50. The lowest BCUT2D eigenvalue weighted by atomic mass is 10.1. The molecule has 2 aromatic rings. The van der Waals surface area contributed by atoms with E-state index in [0.717, 1.165) is 9.99 Å². The van der Waals surface area contributed by atoms with Crippen molar-refractivity contribution in [3.05, 3.63) is 51.9 Å². The number of nitrogens with one attached hydrogen (secondary N) is 1. The molecule has 0 saturated heterocycles. The molecular weight excluding hydrogens is 341 g/mol. The Labute approximate surface area is 120 Å². The molecule has 0 saturated carbocycles. The number of nitrogens with zero attached hydrogens (tertiary/aromatic N) is 2. The van der Waals surface area contributed by atoms with Gasteiger partial charge in [-0.1, -0.05) is 30.3 Å². The van der Waals surface area contributed by atoms with Gasteiger partial charge in [0.1, 0.15) is 0 Å². The van der Waals surface area contributed by atoms with Gasteiger partial charge in [0.15, 0.2) is 0 Å². The molecule has 2 N–H and O–H groups in total. The van der Waals surface area contributed by atoms with Gasteiger partial charge >= 0.3 is 0 Å². The molecule has 0 aliphatic rings. The van der Waals surface area contributed by atoms with Crippen molar-refractivity contribution >= 4 is 28.5 Å². The first-order chi connectivity index (χ1) is 8.78. The summed E-state index contributed by atoms with van der Waals surface area (Å²) in [5, 5.41) is 12.5. The van der Waals surface area contributed by atoms with E-state index in [4.69, 9.17) is 0 Å². The van der Waals surface area contributed by atoms with Crippen molar-refractivity contribution in [1.82, 2.24) is 9.97 Å². The minimum Gasteiger partial charge on any atom is -0.394 e. The van der Waals surface area contributed by atoms with Crippen molar-refractivity contribution < 1.29 is 5.11 Å². The fourth-order valence-electron chi connectivity index (χ4n) is 1.63. The molecule has 18 heavy (non-hydrogen) atoms. The molecule has 0 spiro atoms. The number of rotatable bonds is 5. The highest BCUT2D eigenvalue weighted by Gasteiger charge is 2.09. The first-order valence-electron chi connectivity index (χ1n) is 5.67. The molecule has 0 fully saturated rings. The number of hydrogen-bond acceptors (Lipinski definition) is 4. The van der Waals surface area contributed by atoms with Gasteiger partial charge in [-0.15, -0.1) is 0 Å². The van der Waals surface area contributed by atoms with Gasteiger partial charge in [-0.2, -0.15) is 0 Å². The number of aliphatic hydroxyl groups is 1. The highest BCUT2D eigenvalue weighted by molar-refractivity contribution is 14.1. The summed E-state index contributed by atoms with van der Waals surface area (Å²) in [6, 6.07) is 9.97. The van der Waals surface area contributed by atoms with Crippen molar-refractivity contribution in [3.63, 3.8) is 0 Å². The summed E-state index contributed by atoms with van der Waals surface area (Å²) in [7, 11) is 0. The van der Waals surface area contributed by atoms with Crippen LogP contribution in [0.1, 0.15) is 5.56 Å². The minimum absolute atomic E-state index is 0.0459. The maximum atomic E-state index is 9.38. The van der Waals surface area contributed by atoms with Gasteiger partial charge in [0.05, 0.1) is 12.6 Å². The first kappa shape index (κ1) is 13.2. The van der Waals surface area contributed by atoms with Crippen LogP contribution in [0.5, 0.6) is 0 Å². The summed E-state index contributed by atoms with van der Waals surface area (Å²) in [5.41, 5.74) is 1.18. The van der Waals surface area contributed by atoms with Crippen molar-refractivity contribution in [3.8, 4) is 0 Å². The number of benzene rings is 1. The SMILES string of the molecule is OCC(Cc1ccccc1)Nc1ncc(I)cn1. The predicted octanol–water partition coefficient (Wildman–Crippen LogP) is 2.10. The van der Waals surface area contributed by atoms with Gasteiger partial charge in [0, 0.05) is 16.0 Å². The maximum Gasteiger partial charge on any atom is 0.222 e. The Balaban J connectivity index is 1.99. The van der Waals surface area contributed by atoms with Gasteiger partial charge in [-0.05, 0) is 34.6 Å². The Morgan fingerprint density at radius 2 is 1.83 bits per heavy atom. The summed E-state index contributed by atoms with van der Waals surface area (Å²) in [4.78, 5) is 8.33. The topological polar surface area (TPSA) is 58.0 Å². The zero-order chi connectivity index (χ0) is 12.8. The zero-order valence-electron chi connectivity index (χ0n) is 9.75. The number of aromatic nitrogens is 2. The summed E-state index contributed by atoms with van der Waals surface area (Å²) >= 11 is 2.16. The lowest BCUT2D eigenvalue weighted by molar-refractivity contribution is 0.273. The van der Waals surface area contributed by atoms with E-state index in [9.17, 15) is 5.11 Å². The Morgan fingerprint density at radius 3 is 2.44 bits per heavy atom. The quantitative estimate of drug-likeness (QED) is 0.807. The molecule has 1 heterocycles. The highest BCUT2D eigenvalue weighted by atomic mass is 127. The van der Waals surface area contributed by atoms with E-state index in [1.54, 1.807) is 12.4 Å². The Bertz CT molecular complexity index is 475. The van der Waals surface area contributed by atoms with Crippen molar-refractivity contribution in [1.29, 1.82) is 0 Å². The van der Waals surface area contributed by atoms with E-state index in [-0.39, 0.29) is 12.6 Å². The summed E-state index contributed by atoms with van der Waals surface area (Å²) in [6.45, 7) is 0.0459. The van der Waals surface area contributed by atoms with Crippen LogP contribution in [0.15, 0.2) is 42.7 Å². The number of hydrogen-bond donors (Lipinski definition) is 2. The maximum absolute atomic E-state index is 9.38. The molecule has 0 aliphatic carbocycles. The van der Waals surface area contributed by atoms with Gasteiger partial charge in [0.25, 0.3) is 0 Å². The molecule has 5 heteroatoms. The molecule has 94 valence electrons. The third kappa shape index (κ3) is 3.92. The van der Waals surface area contributed by atoms with Gasteiger partial charge in [-0.25, -0.2) is 9.97 Å². The van der Waals surface area contributed by atoms with E-state index in [2.05, 4.69) is 37.9 Å². The van der Waals surface area contributed by atoms with Crippen LogP contribution >= 0.6 is 22.6 Å². The van der Waals surface area contributed by atoms with E-state index in [1.807, 2.05) is 30.3 Å². The fraction of sp³-hybridized carbons (Fsp3) is 0.231. The summed E-state index contributed by atoms with van der Waals surface area (Å²) in [6.07, 6.45) is 4.23. The van der Waals surface area contributed by atoms with Crippen molar-refractivity contribution in [2.75, 3.05) is 11.9 Å². The van der Waals surface area contributed by atoms with Crippen LogP contribution in [0.25, 0.3) is 0 Å². The van der Waals surface area contributed by atoms with E-state index < -0.39 is 0 Å². The molecular formula is C13H14IN3O. The number of anilines is 1. The van der Waals surface area contributed by atoms with Crippen LogP contribution in [-0.2, 0) is 6.42 Å². The van der Waals surface area contributed by atoms with Crippen LogP contribution in [0.4, 0.5) is 5.95 Å². The third-order valence-corrected chi connectivity index (χ3v) is 3.06. The van der Waals surface area contributed by atoms with Crippen LogP contribution < -0.4 is 5.32 Å². The van der Waals surface area contributed by atoms with Crippen LogP contribution in [0.2, 0.25) is 0 Å². The standard InChI is InChI=1S/C13H14IN3O/c14-11-7-15-13(16-8-11)17-12(9-18)6-10-4-2-1-3-5-10/h1-5,7-8,12,18H,6,9H2,(H,15,16,17). The Hall–Kier alpha value is -1.21. The summed E-state index contributed by atoms with van der Waals surface area (Å²) in [5.74, 6) is 0.547. The zero-order valence-corrected chi connectivity index (χ0v) is 11.9. The number of aliphatic hydroxyl groups excluding tert-OH is 1. The van der Waals surface area contributed by atoms with Crippen LogP contribution in [0, 0.1) is 3.57 Å². The van der Waals surface area contributed by atoms with Crippen LogP contribution in [-0.4, -0.2) is 27.7 Å². The second-order valence-electron chi connectivity index (χ2n) is 3.94. The number of halogens is 1. The average molecular weight is 355 g/mol. The molecule has 1 atom stereocenters. The molecule has 4 nitrogen and oxygen atoms in total. The molecule has 0 aliphatic heterocycles. The Morgan fingerprint density at radius 1 is 1.17 bits per heavy atom. The molecule has 2 rings (SSSR count). The largest absolute Gasteiger partial charge is 0.394 e. The first-order valence-corrected chi connectivity index (χ1v) is 6.74. The second-order valence-corrected chi connectivity index (χ2v) is 5.18. The lowest BCUT2D eigenvalue weighted by Gasteiger charge is -2.16. The molecule has 0 amide bonds. The van der Waals surface area contributed by atoms with Crippen LogP contribution in [0.3, 0.4) is 0 Å². The van der Waals surface area contributed by atoms with E-state index >= 15 is 0 Å².